The lowest BCUT2D eigenvalue weighted by Crippen LogP contribution is -2.45. The molecule has 130 valence electrons. The van der Waals surface area contributed by atoms with Crippen LogP contribution in [0.25, 0.3) is 11.6 Å². The predicted octanol–water partition coefficient (Wildman–Crippen LogP) is 4.48. The Morgan fingerprint density at radius 1 is 1.32 bits per heavy atom. The number of benzene rings is 1. The summed E-state index contributed by atoms with van der Waals surface area (Å²) in [5.41, 5.74) is 2.97. The van der Waals surface area contributed by atoms with E-state index >= 15 is 0 Å². The van der Waals surface area contributed by atoms with Gasteiger partial charge in [0.15, 0.2) is 5.13 Å². The van der Waals surface area contributed by atoms with Crippen LogP contribution in [0.5, 0.6) is 5.88 Å². The lowest BCUT2D eigenvalue weighted by atomic mass is 10.1. The molecule has 25 heavy (non-hydrogen) atoms. The van der Waals surface area contributed by atoms with E-state index in [2.05, 4.69) is 44.7 Å². The maximum atomic E-state index is 10.3. The third kappa shape index (κ3) is 3.36. The fourth-order valence-electron chi connectivity index (χ4n) is 3.19. The number of aromatic nitrogens is 1. The molecule has 7 heteroatoms. The summed E-state index contributed by atoms with van der Waals surface area (Å²) in [6.45, 7) is 5.68. The van der Waals surface area contributed by atoms with Gasteiger partial charge in [0.05, 0.1) is 22.8 Å². The van der Waals surface area contributed by atoms with Crippen LogP contribution in [-0.2, 0) is 4.74 Å². The summed E-state index contributed by atoms with van der Waals surface area (Å²) in [4.78, 5) is 11.7. The molecule has 5 nitrogen and oxygen atoms in total. The number of halogens is 1. The number of allylic oxidation sites excluding steroid dienone is 1. The fraction of sp³-hybridized carbons (Fsp3) is 0.333. The van der Waals surface area contributed by atoms with Crippen LogP contribution >= 0.6 is 27.3 Å². The van der Waals surface area contributed by atoms with Gasteiger partial charge in [-0.3, -0.25) is 4.99 Å². The highest BCUT2D eigenvalue weighted by Gasteiger charge is 2.25. The van der Waals surface area contributed by atoms with Crippen LogP contribution in [0, 0.1) is 0 Å². The molecule has 0 unspecified atom stereocenters. The third-order valence-electron chi connectivity index (χ3n) is 4.21. The van der Waals surface area contributed by atoms with Gasteiger partial charge in [-0.05, 0) is 38.1 Å². The van der Waals surface area contributed by atoms with Crippen LogP contribution in [0.15, 0.2) is 27.7 Å². The van der Waals surface area contributed by atoms with Crippen molar-refractivity contribution in [2.24, 2.45) is 4.99 Å². The number of ether oxygens (including phenoxy) is 1. The average molecular weight is 420 g/mol. The number of aromatic hydroxyl groups is 1. The van der Waals surface area contributed by atoms with Crippen molar-refractivity contribution in [2.75, 3.05) is 18.0 Å². The summed E-state index contributed by atoms with van der Waals surface area (Å²) < 4.78 is 6.78. The van der Waals surface area contributed by atoms with Crippen molar-refractivity contribution < 1.29 is 9.84 Å². The molecule has 2 aliphatic rings. The molecule has 0 aliphatic carbocycles. The minimum absolute atomic E-state index is 0.0659. The summed E-state index contributed by atoms with van der Waals surface area (Å²) in [5.74, 6) is 0.0659. The van der Waals surface area contributed by atoms with Gasteiger partial charge < -0.3 is 14.7 Å². The van der Waals surface area contributed by atoms with E-state index in [4.69, 9.17) is 4.74 Å². The van der Waals surface area contributed by atoms with Gasteiger partial charge in [-0.25, -0.2) is 0 Å². The molecule has 1 fully saturated rings. The molecule has 0 amide bonds. The van der Waals surface area contributed by atoms with Gasteiger partial charge in [-0.1, -0.05) is 27.3 Å². The first-order valence-corrected chi connectivity index (χ1v) is 9.76. The Hall–Kier alpha value is -1.70. The van der Waals surface area contributed by atoms with Crippen molar-refractivity contribution in [3.05, 3.63) is 33.1 Å². The average Bonchev–Trinajstić information content (AvgIpc) is 3.11. The number of rotatable bonds is 2. The lowest BCUT2D eigenvalue weighted by Gasteiger charge is -2.35. The molecule has 0 saturated carbocycles. The number of thiazole rings is 1. The summed E-state index contributed by atoms with van der Waals surface area (Å²) in [6, 6.07) is 5.99. The molecule has 2 aliphatic heterocycles. The highest BCUT2D eigenvalue weighted by atomic mass is 79.9. The Morgan fingerprint density at radius 3 is 2.84 bits per heavy atom. The maximum Gasteiger partial charge on any atom is 0.231 e. The van der Waals surface area contributed by atoms with E-state index in [1.165, 1.54) is 11.3 Å². The van der Waals surface area contributed by atoms with Crippen molar-refractivity contribution in [3.8, 4) is 5.88 Å². The molecule has 1 aromatic heterocycles. The Morgan fingerprint density at radius 2 is 2.08 bits per heavy atom. The van der Waals surface area contributed by atoms with Crippen molar-refractivity contribution in [2.45, 2.75) is 26.1 Å². The fourth-order valence-corrected chi connectivity index (χ4v) is 4.48. The van der Waals surface area contributed by atoms with E-state index in [9.17, 15) is 5.11 Å². The van der Waals surface area contributed by atoms with Crippen LogP contribution in [0.2, 0.25) is 0 Å². The number of nitrogens with zero attached hydrogens (tertiary/aromatic N) is 3. The highest BCUT2D eigenvalue weighted by molar-refractivity contribution is 9.10. The van der Waals surface area contributed by atoms with E-state index in [-0.39, 0.29) is 18.1 Å². The monoisotopic (exact) mass is 419 g/mol. The van der Waals surface area contributed by atoms with E-state index < -0.39 is 0 Å². The Bertz CT molecular complexity index is 867. The third-order valence-corrected chi connectivity index (χ3v) is 5.76. The second-order valence-electron chi connectivity index (χ2n) is 6.37. The predicted molar refractivity (Wildman–Crippen MR) is 106 cm³/mol. The molecular weight excluding hydrogens is 402 g/mol. The number of morpholine rings is 1. The maximum absolute atomic E-state index is 10.3. The zero-order valence-corrected chi connectivity index (χ0v) is 16.3. The topological polar surface area (TPSA) is 58.0 Å². The number of hydrogen-bond donors (Lipinski definition) is 1. The molecule has 2 atom stereocenters. The van der Waals surface area contributed by atoms with Crippen molar-refractivity contribution in [1.29, 1.82) is 0 Å². The molecule has 2 aromatic rings. The first-order chi connectivity index (χ1) is 12.0. The summed E-state index contributed by atoms with van der Waals surface area (Å²) >= 11 is 4.99. The summed E-state index contributed by atoms with van der Waals surface area (Å²) in [6.07, 6.45) is 4.09. The van der Waals surface area contributed by atoms with Crippen LogP contribution in [0.3, 0.4) is 0 Å². The largest absolute Gasteiger partial charge is 0.492 e. The highest BCUT2D eigenvalue weighted by Crippen LogP contribution is 2.38. The number of anilines is 1. The van der Waals surface area contributed by atoms with E-state index in [0.29, 0.717) is 0 Å². The Balaban J connectivity index is 1.64. The summed E-state index contributed by atoms with van der Waals surface area (Å²) in [7, 11) is 0. The Kier molecular flexibility index (Phi) is 4.39. The number of fused-ring (bicyclic) bond motifs is 1. The molecule has 1 saturated heterocycles. The zero-order valence-electron chi connectivity index (χ0n) is 13.9. The van der Waals surface area contributed by atoms with Crippen molar-refractivity contribution >= 4 is 55.9 Å². The smallest absolute Gasteiger partial charge is 0.231 e. The van der Waals surface area contributed by atoms with Crippen molar-refractivity contribution in [1.82, 2.24) is 4.98 Å². The summed E-state index contributed by atoms with van der Waals surface area (Å²) in [5, 5.41) is 11.1. The van der Waals surface area contributed by atoms with Gasteiger partial charge in [-0.15, -0.1) is 0 Å². The van der Waals surface area contributed by atoms with Gasteiger partial charge in [-0.2, -0.15) is 4.98 Å². The van der Waals surface area contributed by atoms with Gasteiger partial charge in [0.25, 0.3) is 0 Å². The molecule has 0 spiro atoms. The van der Waals surface area contributed by atoms with Gasteiger partial charge in [0.1, 0.15) is 0 Å². The minimum atomic E-state index is 0.0659. The molecule has 0 bridgehead atoms. The number of hydrogen-bond acceptors (Lipinski definition) is 6. The first-order valence-electron chi connectivity index (χ1n) is 8.15. The van der Waals surface area contributed by atoms with Crippen molar-refractivity contribution in [3.63, 3.8) is 0 Å². The lowest BCUT2D eigenvalue weighted by molar-refractivity contribution is -0.00525. The molecule has 0 radical (unpaired) electrons. The normalized spacial score (nSPS) is 24.1. The van der Waals surface area contributed by atoms with E-state index in [0.717, 1.165) is 44.4 Å². The second-order valence-corrected chi connectivity index (χ2v) is 8.29. The quantitative estimate of drug-likeness (QED) is 0.779. The van der Waals surface area contributed by atoms with Crippen LogP contribution < -0.4 is 4.90 Å². The molecule has 4 rings (SSSR count). The first kappa shape index (κ1) is 16.8. The van der Waals surface area contributed by atoms with Crippen LogP contribution in [0.1, 0.15) is 24.3 Å². The van der Waals surface area contributed by atoms with Gasteiger partial charge >= 0.3 is 0 Å². The molecule has 3 heterocycles. The molecule has 1 aromatic carbocycles. The SMILES string of the molecule is C[C@H]1CN(c2nc(O)c(C=C3C=Nc4ccc(Br)cc43)s2)C[C@H](C)O1. The Labute approximate surface area is 158 Å². The second kappa shape index (κ2) is 6.55. The van der Waals surface area contributed by atoms with Crippen LogP contribution in [-0.4, -0.2) is 41.6 Å². The van der Waals surface area contributed by atoms with Crippen LogP contribution in [0.4, 0.5) is 10.8 Å². The molecule has 1 N–H and O–H groups in total. The van der Waals surface area contributed by atoms with E-state index in [1.807, 2.05) is 30.5 Å². The minimum Gasteiger partial charge on any atom is -0.492 e. The van der Waals surface area contributed by atoms with Gasteiger partial charge in [0, 0.05) is 34.9 Å². The standard InChI is InChI=1S/C18H18BrN3O2S/c1-10-8-22(9-11(2)24-10)18-21-17(23)16(25-18)5-12-7-20-15-4-3-13(19)6-14(12)15/h3-7,10-11,23H,8-9H2,1-2H3/t10-,11-/m0/s1. The van der Waals surface area contributed by atoms with Gasteiger partial charge in [0.2, 0.25) is 5.88 Å². The molecular formula is C18H18BrN3O2S. The zero-order chi connectivity index (χ0) is 17.6. The van der Waals surface area contributed by atoms with E-state index in [1.54, 1.807) is 0 Å². The number of aliphatic imine (C=N–C) groups is 1.